The summed E-state index contributed by atoms with van der Waals surface area (Å²) in [5.74, 6) is -2.23. The van der Waals surface area contributed by atoms with Gasteiger partial charge >= 0.3 is 5.97 Å². The molecule has 0 bridgehead atoms. The number of para-hydroxylation sites is 2. The second-order valence-electron chi connectivity index (χ2n) is 7.38. The molecule has 1 aliphatic carbocycles. The van der Waals surface area contributed by atoms with Gasteiger partial charge in [0.1, 0.15) is 11.3 Å². The van der Waals surface area contributed by atoms with E-state index in [4.69, 9.17) is 15.2 Å². The van der Waals surface area contributed by atoms with Crippen LogP contribution in [0.25, 0.3) is 0 Å². The fourth-order valence-corrected chi connectivity index (χ4v) is 3.43. The van der Waals surface area contributed by atoms with E-state index in [2.05, 4.69) is 10.6 Å². The Bertz CT molecular complexity index is 1000. The third-order valence-electron chi connectivity index (χ3n) is 4.95. The molecule has 0 radical (unpaired) electrons. The minimum atomic E-state index is -0.799. The number of carbonyl (C=O) groups is 4. The van der Waals surface area contributed by atoms with Gasteiger partial charge in [-0.2, -0.15) is 0 Å². The van der Waals surface area contributed by atoms with Crippen LogP contribution < -0.4 is 21.1 Å². The zero-order valence-corrected chi connectivity index (χ0v) is 17.5. The minimum Gasteiger partial charge on any atom is -0.483 e. The molecular weight excluding hydrogens is 414 g/mol. The quantitative estimate of drug-likeness (QED) is 0.511. The zero-order valence-electron chi connectivity index (χ0n) is 17.5. The summed E-state index contributed by atoms with van der Waals surface area (Å²) in [5.41, 5.74) is 5.77. The Hall–Kier alpha value is -3.88. The maximum Gasteiger partial charge on any atom is 0.342 e. The van der Waals surface area contributed by atoms with Gasteiger partial charge in [-0.3, -0.25) is 14.4 Å². The van der Waals surface area contributed by atoms with E-state index in [0.717, 1.165) is 25.7 Å². The summed E-state index contributed by atoms with van der Waals surface area (Å²) >= 11 is 0. The third kappa shape index (κ3) is 6.31. The van der Waals surface area contributed by atoms with E-state index in [9.17, 15) is 19.2 Å². The molecule has 2 aromatic rings. The number of hydrogen-bond donors (Lipinski definition) is 3. The van der Waals surface area contributed by atoms with Crippen molar-refractivity contribution in [2.75, 3.05) is 18.5 Å². The van der Waals surface area contributed by atoms with E-state index in [1.807, 2.05) is 0 Å². The van der Waals surface area contributed by atoms with Gasteiger partial charge in [0.2, 0.25) is 0 Å². The third-order valence-corrected chi connectivity index (χ3v) is 4.95. The van der Waals surface area contributed by atoms with E-state index >= 15 is 0 Å². The molecule has 1 fully saturated rings. The largest absolute Gasteiger partial charge is 0.483 e. The predicted octanol–water partition coefficient (Wildman–Crippen LogP) is 2.02. The van der Waals surface area contributed by atoms with Crippen molar-refractivity contribution in [2.24, 2.45) is 5.73 Å². The number of benzene rings is 2. The van der Waals surface area contributed by atoms with E-state index in [-0.39, 0.29) is 23.3 Å². The van der Waals surface area contributed by atoms with Gasteiger partial charge in [-0.05, 0) is 37.1 Å². The second-order valence-corrected chi connectivity index (χ2v) is 7.38. The smallest absolute Gasteiger partial charge is 0.342 e. The van der Waals surface area contributed by atoms with Crippen LogP contribution in [0.15, 0.2) is 48.5 Å². The summed E-state index contributed by atoms with van der Waals surface area (Å²) in [6.45, 7) is -0.966. The molecule has 0 saturated heterocycles. The van der Waals surface area contributed by atoms with Crippen molar-refractivity contribution in [3.8, 4) is 5.75 Å². The first-order valence-corrected chi connectivity index (χ1v) is 10.3. The molecule has 0 spiro atoms. The van der Waals surface area contributed by atoms with Crippen LogP contribution in [0.4, 0.5) is 5.69 Å². The number of amides is 3. The van der Waals surface area contributed by atoms with Gasteiger partial charge in [-0.25, -0.2) is 4.79 Å². The fraction of sp³-hybridized carbons (Fsp3) is 0.304. The summed E-state index contributed by atoms with van der Waals surface area (Å²) in [4.78, 5) is 48.2. The molecule has 0 atom stereocenters. The number of carbonyl (C=O) groups excluding carboxylic acids is 4. The summed E-state index contributed by atoms with van der Waals surface area (Å²) in [6, 6.07) is 12.9. The summed E-state index contributed by atoms with van der Waals surface area (Å²) in [7, 11) is 0. The molecule has 4 N–H and O–H groups in total. The second kappa shape index (κ2) is 10.9. The summed E-state index contributed by atoms with van der Waals surface area (Å²) in [6.07, 6.45) is 4.07. The zero-order chi connectivity index (χ0) is 22.9. The van der Waals surface area contributed by atoms with Crippen LogP contribution in [0.5, 0.6) is 5.75 Å². The number of ether oxygens (including phenoxy) is 2. The Balaban J connectivity index is 1.58. The number of nitrogens with two attached hydrogens (primary N) is 1. The van der Waals surface area contributed by atoms with Crippen LogP contribution in [-0.2, 0) is 14.3 Å². The Morgan fingerprint density at radius 1 is 0.906 bits per heavy atom. The van der Waals surface area contributed by atoms with Crippen LogP contribution in [0.1, 0.15) is 46.4 Å². The molecule has 2 aromatic carbocycles. The number of hydrogen-bond acceptors (Lipinski definition) is 6. The normalized spacial score (nSPS) is 13.2. The number of rotatable bonds is 9. The SMILES string of the molecule is NC(=O)COc1ccccc1C(=O)OCC(=O)Nc1ccccc1C(=O)NC1CCCC1. The molecule has 0 unspecified atom stereocenters. The highest BCUT2D eigenvalue weighted by molar-refractivity contribution is 6.04. The van der Waals surface area contributed by atoms with Gasteiger partial charge in [-0.1, -0.05) is 37.1 Å². The molecule has 0 aromatic heterocycles. The molecule has 3 rings (SSSR count). The first-order chi connectivity index (χ1) is 15.4. The van der Waals surface area contributed by atoms with Crippen LogP contribution in [0, 0.1) is 0 Å². The van der Waals surface area contributed by atoms with Crippen molar-refractivity contribution in [1.29, 1.82) is 0 Å². The van der Waals surface area contributed by atoms with Crippen molar-refractivity contribution < 1.29 is 28.7 Å². The lowest BCUT2D eigenvalue weighted by atomic mass is 10.1. The molecule has 0 heterocycles. The summed E-state index contributed by atoms with van der Waals surface area (Å²) < 4.78 is 10.3. The van der Waals surface area contributed by atoms with Crippen molar-refractivity contribution in [1.82, 2.24) is 5.32 Å². The van der Waals surface area contributed by atoms with Gasteiger partial charge < -0.3 is 25.8 Å². The van der Waals surface area contributed by atoms with Crippen LogP contribution in [0.2, 0.25) is 0 Å². The van der Waals surface area contributed by atoms with E-state index < -0.39 is 31.0 Å². The van der Waals surface area contributed by atoms with Crippen molar-refractivity contribution in [2.45, 2.75) is 31.7 Å². The Kier molecular flexibility index (Phi) is 7.80. The lowest BCUT2D eigenvalue weighted by Gasteiger charge is -2.15. The van der Waals surface area contributed by atoms with E-state index in [0.29, 0.717) is 11.3 Å². The van der Waals surface area contributed by atoms with Gasteiger partial charge in [0.05, 0.1) is 11.3 Å². The summed E-state index contributed by atoms with van der Waals surface area (Å²) in [5, 5.41) is 5.59. The number of anilines is 1. The van der Waals surface area contributed by atoms with Crippen molar-refractivity contribution in [3.05, 3.63) is 59.7 Å². The molecular formula is C23H25N3O6. The standard InChI is InChI=1S/C23H25N3O6/c24-20(27)13-31-19-12-6-4-10-17(19)23(30)32-14-21(28)26-18-11-5-3-9-16(18)22(29)25-15-7-1-2-8-15/h3-6,9-12,15H,1-2,7-8,13-14H2,(H2,24,27)(H,25,29)(H,26,28). The molecule has 9 heteroatoms. The molecule has 3 amide bonds. The van der Waals surface area contributed by atoms with Crippen molar-refractivity contribution >= 4 is 29.4 Å². The van der Waals surface area contributed by atoms with Crippen LogP contribution in [-0.4, -0.2) is 42.9 Å². The van der Waals surface area contributed by atoms with E-state index in [1.54, 1.807) is 36.4 Å². The van der Waals surface area contributed by atoms with Gasteiger partial charge in [0.25, 0.3) is 17.7 Å². The van der Waals surface area contributed by atoms with E-state index in [1.165, 1.54) is 12.1 Å². The number of nitrogens with one attached hydrogen (secondary N) is 2. The predicted molar refractivity (Wildman–Crippen MR) is 116 cm³/mol. The van der Waals surface area contributed by atoms with Crippen LogP contribution in [0.3, 0.4) is 0 Å². The Morgan fingerprint density at radius 3 is 2.28 bits per heavy atom. The lowest BCUT2D eigenvalue weighted by molar-refractivity contribution is -0.120. The number of primary amides is 1. The average Bonchev–Trinajstić information content (AvgIpc) is 3.29. The van der Waals surface area contributed by atoms with Gasteiger partial charge in [-0.15, -0.1) is 0 Å². The van der Waals surface area contributed by atoms with Crippen LogP contribution >= 0.6 is 0 Å². The molecule has 9 nitrogen and oxygen atoms in total. The lowest BCUT2D eigenvalue weighted by Crippen LogP contribution is -2.33. The minimum absolute atomic E-state index is 0.0536. The maximum atomic E-state index is 12.6. The Labute approximate surface area is 185 Å². The monoisotopic (exact) mass is 439 g/mol. The maximum absolute atomic E-state index is 12.6. The van der Waals surface area contributed by atoms with Gasteiger partial charge in [0.15, 0.2) is 13.2 Å². The molecule has 168 valence electrons. The highest BCUT2D eigenvalue weighted by atomic mass is 16.5. The average molecular weight is 439 g/mol. The first kappa shape index (κ1) is 22.8. The molecule has 1 aliphatic rings. The topological polar surface area (TPSA) is 137 Å². The molecule has 32 heavy (non-hydrogen) atoms. The highest BCUT2D eigenvalue weighted by Gasteiger charge is 2.21. The fourth-order valence-electron chi connectivity index (χ4n) is 3.43. The number of esters is 1. The molecule has 0 aliphatic heterocycles. The highest BCUT2D eigenvalue weighted by Crippen LogP contribution is 2.21. The first-order valence-electron chi connectivity index (χ1n) is 10.3. The van der Waals surface area contributed by atoms with Gasteiger partial charge in [0, 0.05) is 6.04 Å². The molecule has 1 saturated carbocycles. The Morgan fingerprint density at radius 2 is 1.56 bits per heavy atom. The van der Waals surface area contributed by atoms with Crippen molar-refractivity contribution in [3.63, 3.8) is 0 Å².